The summed E-state index contributed by atoms with van der Waals surface area (Å²) < 4.78 is 4.55. The maximum absolute atomic E-state index is 9.60. The molecule has 1 aromatic rings. The monoisotopic (exact) mass is 446 g/mol. The van der Waals surface area contributed by atoms with Crippen LogP contribution >= 0.6 is 0 Å². The van der Waals surface area contributed by atoms with Gasteiger partial charge in [-0.05, 0) is 66.7 Å². The van der Waals surface area contributed by atoms with E-state index in [9.17, 15) is 4.79 Å². The van der Waals surface area contributed by atoms with Gasteiger partial charge in [-0.2, -0.15) is 0 Å². The van der Waals surface area contributed by atoms with Crippen LogP contribution in [-0.4, -0.2) is 61.5 Å². The average Bonchev–Trinajstić information content (AvgIpc) is 3.42. The zero-order valence-corrected chi connectivity index (χ0v) is 20.4. The van der Waals surface area contributed by atoms with E-state index in [1.165, 1.54) is 51.6 Å². The summed E-state index contributed by atoms with van der Waals surface area (Å²) in [6.45, 7) is 8.40. The van der Waals surface area contributed by atoms with Crippen molar-refractivity contribution in [2.24, 2.45) is 16.6 Å². The van der Waals surface area contributed by atoms with E-state index in [1.807, 2.05) is 40.1 Å². The number of allylic oxidation sites excluding steroid dienone is 1. The molecule has 0 amide bonds. The molecule has 0 radical (unpaired) electrons. The molecule has 1 unspecified atom stereocenters. The van der Waals surface area contributed by atoms with Gasteiger partial charge in [-0.3, -0.25) is 4.79 Å². The number of carbonyl (C=O) groups is 1. The molecule has 2 fully saturated rings. The summed E-state index contributed by atoms with van der Waals surface area (Å²) in [6, 6.07) is 2.78. The van der Waals surface area contributed by atoms with Crippen LogP contribution in [0, 0.1) is 5.92 Å². The highest BCUT2D eigenvalue weighted by molar-refractivity contribution is 5.87. The van der Waals surface area contributed by atoms with E-state index < -0.39 is 0 Å². The SMILES string of the molecule is CC(C)(C)OC=O.CNC1CCN(C)C1.N/C(=C1\NC=Nc2[nH]ccc21)C1CCCCC1. The molecule has 3 aliphatic rings. The molecule has 1 atom stereocenters. The third-order valence-corrected chi connectivity index (χ3v) is 5.93. The van der Waals surface area contributed by atoms with Crippen molar-refractivity contribution in [3.63, 3.8) is 0 Å². The molecule has 8 heteroatoms. The first-order chi connectivity index (χ1) is 15.2. The topological polar surface area (TPSA) is 108 Å². The van der Waals surface area contributed by atoms with Crippen molar-refractivity contribution in [1.29, 1.82) is 0 Å². The van der Waals surface area contributed by atoms with Crippen LogP contribution in [0.2, 0.25) is 0 Å². The molecule has 0 spiro atoms. The van der Waals surface area contributed by atoms with Crippen molar-refractivity contribution < 1.29 is 9.53 Å². The number of fused-ring (bicyclic) bond motifs is 1. The molecular weight excluding hydrogens is 404 g/mol. The minimum Gasteiger partial charge on any atom is -0.462 e. The Hall–Kier alpha value is -2.32. The number of carbonyl (C=O) groups excluding carboxylic acids is 1. The molecule has 32 heavy (non-hydrogen) atoms. The van der Waals surface area contributed by atoms with E-state index >= 15 is 0 Å². The molecule has 2 aliphatic heterocycles. The van der Waals surface area contributed by atoms with Gasteiger partial charge in [0.15, 0.2) is 0 Å². The van der Waals surface area contributed by atoms with Crippen molar-refractivity contribution in [2.45, 2.75) is 70.9 Å². The summed E-state index contributed by atoms with van der Waals surface area (Å²) in [5.41, 5.74) is 9.16. The number of ether oxygens (including phenoxy) is 1. The van der Waals surface area contributed by atoms with Crippen LogP contribution in [0.25, 0.3) is 5.70 Å². The molecule has 5 N–H and O–H groups in total. The molecular formula is C24H42N6O2. The Morgan fingerprint density at radius 3 is 2.50 bits per heavy atom. The fraction of sp³-hybridized carbons (Fsp3) is 0.667. The van der Waals surface area contributed by atoms with E-state index in [2.05, 4.69) is 37.3 Å². The van der Waals surface area contributed by atoms with Crippen LogP contribution in [-0.2, 0) is 9.53 Å². The first-order valence-corrected chi connectivity index (χ1v) is 11.7. The number of nitrogens with two attached hydrogens (primary N) is 1. The summed E-state index contributed by atoms with van der Waals surface area (Å²) in [4.78, 5) is 19.3. The lowest BCUT2D eigenvalue weighted by molar-refractivity contribution is -0.138. The molecule has 1 aliphatic carbocycles. The van der Waals surface area contributed by atoms with Crippen LogP contribution in [0.1, 0.15) is 64.9 Å². The van der Waals surface area contributed by atoms with Gasteiger partial charge in [0, 0.05) is 36.0 Å². The van der Waals surface area contributed by atoms with Crippen LogP contribution in [0.4, 0.5) is 5.82 Å². The van der Waals surface area contributed by atoms with E-state index in [4.69, 9.17) is 5.73 Å². The van der Waals surface area contributed by atoms with Crippen molar-refractivity contribution in [3.05, 3.63) is 23.5 Å². The first-order valence-electron chi connectivity index (χ1n) is 11.7. The number of aromatic amines is 1. The fourth-order valence-electron chi connectivity index (χ4n) is 4.08. The number of aliphatic imine (C=N–C) groups is 1. The highest BCUT2D eigenvalue weighted by Gasteiger charge is 2.22. The Bertz CT molecular complexity index is 759. The largest absolute Gasteiger partial charge is 0.462 e. The highest BCUT2D eigenvalue weighted by atomic mass is 16.5. The average molecular weight is 447 g/mol. The maximum Gasteiger partial charge on any atom is 0.293 e. The third-order valence-electron chi connectivity index (χ3n) is 5.93. The fourth-order valence-corrected chi connectivity index (χ4v) is 4.08. The lowest BCUT2D eigenvalue weighted by Crippen LogP contribution is -2.27. The van der Waals surface area contributed by atoms with Crippen molar-refractivity contribution in [2.75, 3.05) is 27.2 Å². The quantitative estimate of drug-likeness (QED) is 0.531. The van der Waals surface area contributed by atoms with Gasteiger partial charge in [-0.25, -0.2) is 4.99 Å². The minimum atomic E-state index is -0.318. The van der Waals surface area contributed by atoms with Gasteiger partial charge < -0.3 is 31.0 Å². The zero-order valence-electron chi connectivity index (χ0n) is 20.4. The molecule has 4 rings (SSSR count). The Balaban J connectivity index is 0.000000202. The van der Waals surface area contributed by atoms with E-state index in [-0.39, 0.29) is 5.60 Å². The lowest BCUT2D eigenvalue weighted by Gasteiger charge is -2.25. The molecule has 0 bridgehead atoms. The van der Waals surface area contributed by atoms with Gasteiger partial charge in [0.1, 0.15) is 11.4 Å². The van der Waals surface area contributed by atoms with Crippen molar-refractivity contribution in [3.8, 4) is 0 Å². The summed E-state index contributed by atoms with van der Waals surface area (Å²) >= 11 is 0. The standard InChI is InChI=1S/C13H18N4.C6H14N2.C5H10O2/c14-11(9-4-2-1-3-5-9)12-10-6-7-15-13(10)17-8-16-12;1-7-6-3-4-8(2)5-6;1-5(2,3)7-4-6/h6-9,15H,1-5,14H2,(H,16,17);6-7H,3-5H2,1-2H3;4H,1-3H3/b12-11-;;. The van der Waals surface area contributed by atoms with Crippen LogP contribution < -0.4 is 16.4 Å². The second-order valence-electron chi connectivity index (χ2n) is 9.67. The summed E-state index contributed by atoms with van der Waals surface area (Å²) in [6.07, 6.45) is 11.3. The second kappa shape index (κ2) is 12.6. The lowest BCUT2D eigenvalue weighted by atomic mass is 9.85. The van der Waals surface area contributed by atoms with Crippen molar-refractivity contribution in [1.82, 2.24) is 20.5 Å². The molecule has 180 valence electrons. The third kappa shape index (κ3) is 8.31. The number of rotatable bonds is 3. The predicted octanol–water partition coefficient (Wildman–Crippen LogP) is 3.35. The molecule has 1 saturated heterocycles. The van der Waals surface area contributed by atoms with E-state index in [0.717, 1.165) is 28.8 Å². The van der Waals surface area contributed by atoms with Gasteiger partial charge in [0.25, 0.3) is 6.47 Å². The van der Waals surface area contributed by atoms with Gasteiger partial charge in [-0.15, -0.1) is 0 Å². The summed E-state index contributed by atoms with van der Waals surface area (Å²) in [5, 5.41) is 6.45. The number of nitrogens with one attached hydrogen (secondary N) is 3. The number of aromatic nitrogens is 1. The highest BCUT2D eigenvalue weighted by Crippen LogP contribution is 2.33. The van der Waals surface area contributed by atoms with Crippen molar-refractivity contribution >= 4 is 24.3 Å². The molecule has 8 nitrogen and oxygen atoms in total. The number of hydrogen-bond donors (Lipinski definition) is 4. The van der Waals surface area contributed by atoms with Gasteiger partial charge in [0.05, 0.1) is 12.0 Å². The zero-order chi connectivity index (χ0) is 23.6. The number of hydrogen-bond acceptors (Lipinski definition) is 7. The normalized spacial score (nSPS) is 22.5. The van der Waals surface area contributed by atoms with Crippen LogP contribution in [0.3, 0.4) is 0 Å². The summed E-state index contributed by atoms with van der Waals surface area (Å²) in [7, 11) is 4.20. The number of nitrogens with zero attached hydrogens (tertiary/aromatic N) is 2. The summed E-state index contributed by atoms with van der Waals surface area (Å²) in [5.74, 6) is 1.43. The van der Waals surface area contributed by atoms with Gasteiger partial charge in [0.2, 0.25) is 0 Å². The van der Waals surface area contributed by atoms with E-state index in [1.54, 1.807) is 6.34 Å². The minimum absolute atomic E-state index is 0.318. The molecule has 3 heterocycles. The number of likely N-dealkylation sites (N-methyl/N-ethyl adjacent to an activating group) is 2. The first kappa shape index (κ1) is 25.9. The molecule has 0 aromatic carbocycles. The number of H-pyrrole nitrogens is 1. The Morgan fingerprint density at radius 2 is 2.00 bits per heavy atom. The maximum atomic E-state index is 9.60. The predicted molar refractivity (Wildman–Crippen MR) is 132 cm³/mol. The van der Waals surface area contributed by atoms with Crippen LogP contribution in [0.5, 0.6) is 0 Å². The smallest absolute Gasteiger partial charge is 0.293 e. The molecule has 1 saturated carbocycles. The second-order valence-corrected chi connectivity index (χ2v) is 9.67. The van der Waals surface area contributed by atoms with Crippen LogP contribution in [0.15, 0.2) is 23.0 Å². The Morgan fingerprint density at radius 1 is 1.28 bits per heavy atom. The molecule has 1 aromatic heterocycles. The number of likely N-dealkylation sites (tertiary alicyclic amines) is 1. The Kier molecular flexibility index (Phi) is 10.3. The Labute approximate surface area is 193 Å². The van der Waals surface area contributed by atoms with Gasteiger partial charge >= 0.3 is 0 Å². The van der Waals surface area contributed by atoms with Gasteiger partial charge in [-0.1, -0.05) is 19.3 Å². The van der Waals surface area contributed by atoms with E-state index in [0.29, 0.717) is 12.4 Å².